The topological polar surface area (TPSA) is 49.3 Å². The lowest BCUT2D eigenvalue weighted by Crippen LogP contribution is -2.36. The molecule has 1 aromatic rings. The van der Waals surface area contributed by atoms with E-state index >= 15 is 0 Å². The Morgan fingerprint density at radius 1 is 1.42 bits per heavy atom. The number of hydrogen-bond donors (Lipinski definition) is 2. The third-order valence-corrected chi connectivity index (χ3v) is 4.48. The Morgan fingerprint density at radius 3 is 2.58 bits per heavy atom. The number of amides is 1. The summed E-state index contributed by atoms with van der Waals surface area (Å²) < 4.78 is 0.753. The number of carbonyl (C=O) groups is 1. The van der Waals surface area contributed by atoms with Crippen molar-refractivity contribution in [2.45, 2.75) is 32.8 Å². The van der Waals surface area contributed by atoms with E-state index in [9.17, 15) is 9.90 Å². The van der Waals surface area contributed by atoms with Crippen molar-refractivity contribution in [3.8, 4) is 0 Å². The standard InChI is InChI=1S/C14H19BrClNO2/c1-3-9(4-2)13(18)8-17-14(19)10-5-6-11(15)12(16)7-10/h5-7,9,13,18H,3-4,8H2,1-2H3,(H,17,19). The first-order valence-corrected chi connectivity index (χ1v) is 7.58. The van der Waals surface area contributed by atoms with Gasteiger partial charge in [0.05, 0.1) is 11.1 Å². The maximum absolute atomic E-state index is 11.9. The Hall–Kier alpha value is -0.580. The number of aliphatic hydroxyl groups excluding tert-OH is 1. The summed E-state index contributed by atoms with van der Waals surface area (Å²) in [6, 6.07) is 5.02. The van der Waals surface area contributed by atoms with E-state index in [1.807, 2.05) is 13.8 Å². The van der Waals surface area contributed by atoms with Crippen molar-refractivity contribution in [2.24, 2.45) is 5.92 Å². The van der Waals surface area contributed by atoms with Crippen LogP contribution < -0.4 is 5.32 Å². The quantitative estimate of drug-likeness (QED) is 0.825. The van der Waals surface area contributed by atoms with Crippen LogP contribution in [0.4, 0.5) is 0 Å². The molecule has 1 rings (SSSR count). The van der Waals surface area contributed by atoms with Crippen LogP contribution in [-0.2, 0) is 0 Å². The van der Waals surface area contributed by atoms with Gasteiger partial charge in [0.1, 0.15) is 0 Å². The zero-order valence-electron chi connectivity index (χ0n) is 11.1. The molecule has 5 heteroatoms. The van der Waals surface area contributed by atoms with Gasteiger partial charge in [0.25, 0.3) is 5.91 Å². The molecular weight excluding hydrogens is 330 g/mol. The number of halogens is 2. The van der Waals surface area contributed by atoms with Crippen molar-refractivity contribution in [3.63, 3.8) is 0 Å². The molecule has 19 heavy (non-hydrogen) atoms. The molecule has 106 valence electrons. The predicted molar refractivity (Wildman–Crippen MR) is 81.6 cm³/mol. The highest BCUT2D eigenvalue weighted by Crippen LogP contribution is 2.23. The van der Waals surface area contributed by atoms with Crippen LogP contribution in [0.25, 0.3) is 0 Å². The molecule has 0 saturated heterocycles. The van der Waals surface area contributed by atoms with Crippen molar-refractivity contribution < 1.29 is 9.90 Å². The van der Waals surface area contributed by atoms with Crippen LogP contribution in [0.5, 0.6) is 0 Å². The van der Waals surface area contributed by atoms with E-state index in [-0.39, 0.29) is 18.4 Å². The third kappa shape index (κ3) is 4.79. The average Bonchev–Trinajstić information content (AvgIpc) is 2.40. The van der Waals surface area contributed by atoms with E-state index in [4.69, 9.17) is 11.6 Å². The van der Waals surface area contributed by atoms with Gasteiger partial charge in [-0.3, -0.25) is 4.79 Å². The predicted octanol–water partition coefficient (Wildman–Crippen LogP) is 3.63. The van der Waals surface area contributed by atoms with Gasteiger partial charge in [-0.25, -0.2) is 0 Å². The zero-order valence-corrected chi connectivity index (χ0v) is 13.5. The number of rotatable bonds is 6. The van der Waals surface area contributed by atoms with Gasteiger partial charge >= 0.3 is 0 Å². The molecule has 0 heterocycles. The SMILES string of the molecule is CCC(CC)C(O)CNC(=O)c1ccc(Br)c(Cl)c1. The van der Waals surface area contributed by atoms with Gasteiger partial charge < -0.3 is 10.4 Å². The van der Waals surface area contributed by atoms with Crippen LogP contribution in [0, 0.1) is 5.92 Å². The van der Waals surface area contributed by atoms with Gasteiger partial charge in [0.2, 0.25) is 0 Å². The number of aliphatic hydroxyl groups is 1. The highest BCUT2D eigenvalue weighted by atomic mass is 79.9. The molecule has 1 unspecified atom stereocenters. The lowest BCUT2D eigenvalue weighted by Gasteiger charge is -2.20. The largest absolute Gasteiger partial charge is 0.391 e. The highest BCUT2D eigenvalue weighted by molar-refractivity contribution is 9.10. The third-order valence-electron chi connectivity index (χ3n) is 3.25. The van der Waals surface area contributed by atoms with Gasteiger partial charge in [-0.05, 0) is 40.0 Å². The van der Waals surface area contributed by atoms with Crippen LogP contribution >= 0.6 is 27.5 Å². The average molecular weight is 349 g/mol. The molecule has 1 amide bonds. The van der Waals surface area contributed by atoms with Gasteiger partial charge in [0, 0.05) is 16.6 Å². The molecule has 0 aromatic heterocycles. The van der Waals surface area contributed by atoms with Gasteiger partial charge in [-0.2, -0.15) is 0 Å². The van der Waals surface area contributed by atoms with Crippen LogP contribution in [0.3, 0.4) is 0 Å². The summed E-state index contributed by atoms with van der Waals surface area (Å²) in [5, 5.41) is 13.2. The molecule has 0 fully saturated rings. The lowest BCUT2D eigenvalue weighted by molar-refractivity contribution is 0.0816. The van der Waals surface area contributed by atoms with Crippen molar-refractivity contribution in [1.82, 2.24) is 5.32 Å². The zero-order chi connectivity index (χ0) is 14.4. The molecule has 1 atom stereocenters. The van der Waals surface area contributed by atoms with Gasteiger partial charge in [-0.1, -0.05) is 38.3 Å². The first kappa shape index (κ1) is 16.5. The van der Waals surface area contributed by atoms with Gasteiger partial charge in [-0.15, -0.1) is 0 Å². The fourth-order valence-electron chi connectivity index (χ4n) is 1.94. The normalized spacial score (nSPS) is 12.5. The molecule has 0 aliphatic carbocycles. The van der Waals surface area contributed by atoms with E-state index in [2.05, 4.69) is 21.2 Å². The van der Waals surface area contributed by atoms with E-state index < -0.39 is 6.10 Å². The summed E-state index contributed by atoms with van der Waals surface area (Å²) >= 11 is 9.21. The van der Waals surface area contributed by atoms with E-state index in [0.29, 0.717) is 10.6 Å². The van der Waals surface area contributed by atoms with E-state index in [0.717, 1.165) is 17.3 Å². The summed E-state index contributed by atoms with van der Waals surface area (Å²) in [7, 11) is 0. The summed E-state index contributed by atoms with van der Waals surface area (Å²) in [6.45, 7) is 4.33. The fraction of sp³-hybridized carbons (Fsp3) is 0.500. The second kappa shape index (κ2) is 7.88. The summed E-state index contributed by atoms with van der Waals surface area (Å²) in [6.07, 6.45) is 1.29. The Kier molecular flexibility index (Phi) is 6.83. The van der Waals surface area contributed by atoms with Gasteiger partial charge in [0.15, 0.2) is 0 Å². The highest BCUT2D eigenvalue weighted by Gasteiger charge is 2.16. The van der Waals surface area contributed by atoms with Crippen molar-refractivity contribution in [2.75, 3.05) is 6.54 Å². The Balaban J connectivity index is 2.58. The summed E-state index contributed by atoms with van der Waals surface area (Å²) in [4.78, 5) is 11.9. The number of carbonyl (C=O) groups excluding carboxylic acids is 1. The van der Waals surface area contributed by atoms with Crippen LogP contribution in [-0.4, -0.2) is 23.7 Å². The maximum atomic E-state index is 11.9. The number of nitrogens with one attached hydrogen (secondary N) is 1. The molecular formula is C14H19BrClNO2. The molecule has 0 saturated carbocycles. The van der Waals surface area contributed by atoms with E-state index in [1.54, 1.807) is 18.2 Å². The monoisotopic (exact) mass is 347 g/mol. The minimum atomic E-state index is -0.509. The summed E-state index contributed by atoms with van der Waals surface area (Å²) in [5.74, 6) is -0.00629. The minimum absolute atomic E-state index is 0.216. The number of benzene rings is 1. The van der Waals surface area contributed by atoms with Crippen molar-refractivity contribution in [1.29, 1.82) is 0 Å². The maximum Gasteiger partial charge on any atom is 0.251 e. The molecule has 0 spiro atoms. The van der Waals surface area contributed by atoms with Crippen LogP contribution in [0.15, 0.2) is 22.7 Å². The second-order valence-electron chi connectivity index (χ2n) is 4.48. The van der Waals surface area contributed by atoms with Crippen LogP contribution in [0.2, 0.25) is 5.02 Å². The Labute approximate surface area is 127 Å². The molecule has 1 aromatic carbocycles. The Morgan fingerprint density at radius 2 is 2.05 bits per heavy atom. The second-order valence-corrected chi connectivity index (χ2v) is 5.74. The van der Waals surface area contributed by atoms with Crippen molar-refractivity contribution >= 4 is 33.4 Å². The van der Waals surface area contributed by atoms with Crippen LogP contribution in [0.1, 0.15) is 37.0 Å². The minimum Gasteiger partial charge on any atom is -0.391 e. The summed E-state index contributed by atoms with van der Waals surface area (Å²) in [5.41, 5.74) is 0.491. The molecule has 2 N–H and O–H groups in total. The first-order valence-electron chi connectivity index (χ1n) is 6.40. The lowest BCUT2D eigenvalue weighted by atomic mass is 9.96. The first-order chi connectivity index (χ1) is 8.99. The fourth-order valence-corrected chi connectivity index (χ4v) is 2.36. The smallest absolute Gasteiger partial charge is 0.251 e. The molecule has 0 radical (unpaired) electrons. The number of hydrogen-bond acceptors (Lipinski definition) is 2. The Bertz CT molecular complexity index is 435. The van der Waals surface area contributed by atoms with Crippen molar-refractivity contribution in [3.05, 3.63) is 33.3 Å². The molecule has 0 bridgehead atoms. The molecule has 3 nitrogen and oxygen atoms in total. The van der Waals surface area contributed by atoms with E-state index in [1.165, 1.54) is 0 Å². The molecule has 0 aliphatic rings. The molecule has 0 aliphatic heterocycles.